The highest BCUT2D eigenvalue weighted by molar-refractivity contribution is 9.11. The zero-order chi connectivity index (χ0) is 14.1. The highest BCUT2D eigenvalue weighted by Gasteiger charge is 2.07. The molecule has 0 aliphatic rings. The monoisotopic (exact) mass is 391 g/mol. The van der Waals surface area contributed by atoms with Crippen LogP contribution in [0.25, 0.3) is 11.0 Å². The number of halogens is 2. The molecular formula is C15H11Br2N3. The molecule has 2 aromatic heterocycles. The van der Waals surface area contributed by atoms with Crippen LogP contribution >= 0.6 is 31.9 Å². The van der Waals surface area contributed by atoms with Crippen molar-refractivity contribution in [3.8, 4) is 0 Å². The molecule has 100 valence electrons. The zero-order valence-electron chi connectivity index (χ0n) is 10.7. The fourth-order valence-electron chi connectivity index (χ4n) is 2.00. The summed E-state index contributed by atoms with van der Waals surface area (Å²) in [6.07, 6.45) is 3.56. The van der Waals surface area contributed by atoms with Crippen LogP contribution in [0.1, 0.15) is 5.56 Å². The molecule has 0 spiro atoms. The van der Waals surface area contributed by atoms with Crippen molar-refractivity contribution < 1.29 is 0 Å². The maximum absolute atomic E-state index is 4.44. The number of fused-ring (bicyclic) bond motifs is 1. The van der Waals surface area contributed by atoms with Gasteiger partial charge in [0.05, 0.1) is 16.9 Å². The topological polar surface area (TPSA) is 37.8 Å². The molecular weight excluding hydrogens is 382 g/mol. The van der Waals surface area contributed by atoms with Gasteiger partial charge in [-0.05, 0) is 62.5 Å². The van der Waals surface area contributed by atoms with Gasteiger partial charge in [-0.2, -0.15) is 0 Å². The molecule has 0 fully saturated rings. The number of nitrogens with one attached hydrogen (secondary N) is 1. The molecule has 2 heterocycles. The molecule has 20 heavy (non-hydrogen) atoms. The molecule has 0 amide bonds. The van der Waals surface area contributed by atoms with Crippen molar-refractivity contribution in [3.63, 3.8) is 0 Å². The van der Waals surface area contributed by atoms with Crippen LogP contribution in [-0.4, -0.2) is 9.97 Å². The third kappa shape index (κ3) is 2.55. The number of pyridine rings is 2. The van der Waals surface area contributed by atoms with Gasteiger partial charge in [-0.1, -0.05) is 12.1 Å². The summed E-state index contributed by atoms with van der Waals surface area (Å²) in [5, 5.41) is 3.41. The van der Waals surface area contributed by atoms with E-state index in [2.05, 4.69) is 60.1 Å². The minimum absolute atomic E-state index is 0.851. The van der Waals surface area contributed by atoms with E-state index in [1.54, 1.807) is 12.4 Å². The van der Waals surface area contributed by atoms with E-state index in [0.29, 0.717) is 0 Å². The smallest absolute Gasteiger partial charge is 0.112 e. The molecule has 0 aliphatic carbocycles. The lowest BCUT2D eigenvalue weighted by molar-refractivity contribution is 1.31. The van der Waals surface area contributed by atoms with Gasteiger partial charge in [-0.3, -0.25) is 9.97 Å². The van der Waals surface area contributed by atoms with E-state index in [1.807, 2.05) is 24.3 Å². The van der Waals surface area contributed by atoms with Crippen molar-refractivity contribution in [2.45, 2.75) is 6.92 Å². The number of benzene rings is 1. The third-order valence-corrected chi connectivity index (χ3v) is 4.49. The Kier molecular flexibility index (Phi) is 3.72. The van der Waals surface area contributed by atoms with Crippen LogP contribution in [0, 0.1) is 6.92 Å². The summed E-state index contributed by atoms with van der Waals surface area (Å²) in [4.78, 5) is 8.78. The lowest BCUT2D eigenvalue weighted by Crippen LogP contribution is -1.96. The predicted octanol–water partition coefficient (Wildman–Crippen LogP) is 5.21. The quantitative estimate of drug-likeness (QED) is 0.650. The van der Waals surface area contributed by atoms with E-state index in [0.717, 1.165) is 31.4 Å². The third-order valence-electron chi connectivity index (χ3n) is 3.01. The molecule has 0 saturated carbocycles. The van der Waals surface area contributed by atoms with Gasteiger partial charge >= 0.3 is 0 Å². The largest absolute Gasteiger partial charge is 0.353 e. The van der Waals surface area contributed by atoms with Gasteiger partial charge in [0.2, 0.25) is 0 Å². The molecule has 3 rings (SSSR count). The molecule has 0 atom stereocenters. The number of hydrogen-bond donors (Lipinski definition) is 1. The Hall–Kier alpha value is -1.46. The summed E-state index contributed by atoms with van der Waals surface area (Å²) in [5.74, 6) is 0. The van der Waals surface area contributed by atoms with Crippen molar-refractivity contribution in [1.29, 1.82) is 0 Å². The van der Waals surface area contributed by atoms with Crippen molar-refractivity contribution in [2.24, 2.45) is 0 Å². The van der Waals surface area contributed by atoms with Gasteiger partial charge in [0.1, 0.15) is 5.52 Å². The Labute approximate surface area is 133 Å². The highest BCUT2D eigenvalue weighted by atomic mass is 79.9. The SMILES string of the molecule is Cc1cccc(Nc2ccnc3cc(Br)cnc23)c1Br. The molecule has 0 bridgehead atoms. The molecule has 3 aromatic rings. The summed E-state index contributed by atoms with van der Waals surface area (Å²) >= 11 is 7.02. The molecule has 5 heteroatoms. The first kappa shape index (κ1) is 13.5. The van der Waals surface area contributed by atoms with Crippen molar-refractivity contribution in [3.05, 3.63) is 57.2 Å². The number of hydrogen-bond acceptors (Lipinski definition) is 3. The standard InChI is InChI=1S/C15H11Br2N3/c1-9-3-2-4-11(14(9)17)20-12-5-6-18-13-7-10(16)8-19-15(12)13/h2-8H,1H3,(H,18,20). The van der Waals surface area contributed by atoms with Gasteiger partial charge in [0, 0.05) is 21.3 Å². The number of rotatable bonds is 2. The summed E-state index contributed by atoms with van der Waals surface area (Å²) < 4.78 is 1.98. The highest BCUT2D eigenvalue weighted by Crippen LogP contribution is 2.31. The van der Waals surface area contributed by atoms with Crippen LogP contribution in [0.4, 0.5) is 11.4 Å². The lowest BCUT2D eigenvalue weighted by Gasteiger charge is -2.11. The van der Waals surface area contributed by atoms with Crippen LogP contribution in [0.5, 0.6) is 0 Å². The molecule has 1 N–H and O–H groups in total. The predicted molar refractivity (Wildman–Crippen MR) is 89.4 cm³/mol. The fraction of sp³-hybridized carbons (Fsp3) is 0.0667. The number of anilines is 2. The minimum atomic E-state index is 0.851. The molecule has 3 nitrogen and oxygen atoms in total. The molecule has 0 radical (unpaired) electrons. The minimum Gasteiger partial charge on any atom is -0.353 e. The molecule has 0 saturated heterocycles. The van der Waals surface area contributed by atoms with Crippen LogP contribution < -0.4 is 5.32 Å². The first-order valence-corrected chi connectivity index (χ1v) is 7.66. The van der Waals surface area contributed by atoms with Crippen LogP contribution in [-0.2, 0) is 0 Å². The Morgan fingerprint density at radius 2 is 1.90 bits per heavy atom. The van der Waals surface area contributed by atoms with E-state index in [1.165, 1.54) is 5.56 Å². The molecule has 1 aromatic carbocycles. The van der Waals surface area contributed by atoms with E-state index in [9.17, 15) is 0 Å². The summed E-state index contributed by atoms with van der Waals surface area (Å²) in [6.45, 7) is 2.06. The fourth-order valence-corrected chi connectivity index (χ4v) is 2.68. The van der Waals surface area contributed by atoms with Gasteiger partial charge in [0.25, 0.3) is 0 Å². The lowest BCUT2D eigenvalue weighted by atomic mass is 10.2. The number of aromatic nitrogens is 2. The maximum Gasteiger partial charge on any atom is 0.112 e. The Balaban J connectivity index is 2.09. The normalized spacial score (nSPS) is 10.8. The second-order valence-corrected chi connectivity index (χ2v) is 6.15. The van der Waals surface area contributed by atoms with Gasteiger partial charge in [-0.25, -0.2) is 0 Å². The Morgan fingerprint density at radius 3 is 2.75 bits per heavy atom. The van der Waals surface area contributed by atoms with Crippen molar-refractivity contribution >= 4 is 54.3 Å². The summed E-state index contributed by atoms with van der Waals surface area (Å²) in [6, 6.07) is 10.0. The first-order chi connectivity index (χ1) is 9.65. The van der Waals surface area contributed by atoms with E-state index >= 15 is 0 Å². The first-order valence-electron chi connectivity index (χ1n) is 6.07. The summed E-state index contributed by atoms with van der Waals surface area (Å²) in [5.41, 5.74) is 4.84. The summed E-state index contributed by atoms with van der Waals surface area (Å²) in [7, 11) is 0. The van der Waals surface area contributed by atoms with Gasteiger partial charge in [0.15, 0.2) is 0 Å². The average Bonchev–Trinajstić information content (AvgIpc) is 2.44. The Morgan fingerprint density at radius 1 is 1.05 bits per heavy atom. The van der Waals surface area contributed by atoms with E-state index in [4.69, 9.17) is 0 Å². The van der Waals surface area contributed by atoms with Gasteiger partial charge < -0.3 is 5.32 Å². The second-order valence-electron chi connectivity index (χ2n) is 4.44. The van der Waals surface area contributed by atoms with Crippen LogP contribution in [0.15, 0.2) is 51.7 Å². The van der Waals surface area contributed by atoms with Crippen LogP contribution in [0.3, 0.4) is 0 Å². The maximum atomic E-state index is 4.44. The Bertz CT molecular complexity index is 787. The van der Waals surface area contributed by atoms with E-state index < -0.39 is 0 Å². The molecule has 0 unspecified atom stereocenters. The van der Waals surface area contributed by atoms with Crippen molar-refractivity contribution in [2.75, 3.05) is 5.32 Å². The number of aryl methyl sites for hydroxylation is 1. The van der Waals surface area contributed by atoms with Crippen molar-refractivity contribution in [1.82, 2.24) is 9.97 Å². The zero-order valence-corrected chi connectivity index (χ0v) is 13.9. The second kappa shape index (κ2) is 5.50. The number of nitrogens with zero attached hydrogens (tertiary/aromatic N) is 2. The van der Waals surface area contributed by atoms with Crippen LogP contribution in [0.2, 0.25) is 0 Å². The van der Waals surface area contributed by atoms with E-state index in [-0.39, 0.29) is 0 Å². The molecule has 0 aliphatic heterocycles. The van der Waals surface area contributed by atoms with Gasteiger partial charge in [-0.15, -0.1) is 0 Å². The average molecular weight is 393 g/mol.